The van der Waals surface area contributed by atoms with Crippen LogP contribution >= 0.6 is 11.6 Å². The molecule has 2 aromatic rings. The molecule has 0 N–H and O–H groups in total. The molecule has 19 heavy (non-hydrogen) atoms. The summed E-state index contributed by atoms with van der Waals surface area (Å²) < 4.78 is 5.25. The molecule has 0 aromatic heterocycles. The lowest BCUT2D eigenvalue weighted by Crippen LogP contribution is -2.10. The summed E-state index contributed by atoms with van der Waals surface area (Å²) in [6.45, 7) is 0. The van der Waals surface area contributed by atoms with Crippen molar-refractivity contribution in [3.05, 3.63) is 52.5 Å². The smallest absolute Gasteiger partial charge is 0.119 e. The fourth-order valence-corrected chi connectivity index (χ4v) is 2.82. The average molecular weight is 270 g/mol. The van der Waals surface area contributed by atoms with E-state index >= 15 is 0 Å². The summed E-state index contributed by atoms with van der Waals surface area (Å²) in [5.41, 5.74) is 4.44. The Bertz CT molecular complexity index is 688. The van der Waals surface area contributed by atoms with E-state index in [2.05, 4.69) is 12.1 Å². The van der Waals surface area contributed by atoms with Crippen LogP contribution in [0.3, 0.4) is 0 Å². The number of halogens is 1. The van der Waals surface area contributed by atoms with Crippen molar-refractivity contribution < 1.29 is 4.74 Å². The minimum atomic E-state index is -0.145. The Labute approximate surface area is 117 Å². The van der Waals surface area contributed by atoms with Gasteiger partial charge in [-0.15, -0.1) is 0 Å². The number of nitrogens with zero attached hydrogens (tertiary/aromatic N) is 1. The molecule has 1 atom stereocenters. The number of rotatable bonds is 1. The minimum absolute atomic E-state index is 0.145. The molecule has 1 aliphatic rings. The Morgan fingerprint density at radius 3 is 2.74 bits per heavy atom. The van der Waals surface area contributed by atoms with E-state index in [9.17, 15) is 5.26 Å². The van der Waals surface area contributed by atoms with E-state index in [0.29, 0.717) is 11.4 Å². The third-order valence-electron chi connectivity index (χ3n) is 3.57. The first-order valence-corrected chi connectivity index (χ1v) is 6.47. The van der Waals surface area contributed by atoms with Gasteiger partial charge in [0.15, 0.2) is 0 Å². The quantitative estimate of drug-likeness (QED) is 0.778. The van der Waals surface area contributed by atoms with E-state index in [1.807, 2.05) is 30.3 Å². The lowest BCUT2D eigenvalue weighted by Gasteiger charge is -2.24. The third-order valence-corrected chi connectivity index (χ3v) is 3.81. The van der Waals surface area contributed by atoms with Gasteiger partial charge in [-0.3, -0.25) is 0 Å². The number of nitriles is 1. The molecule has 0 saturated heterocycles. The van der Waals surface area contributed by atoms with Crippen molar-refractivity contribution in [2.45, 2.75) is 12.3 Å². The lowest BCUT2D eigenvalue weighted by atomic mass is 9.79. The monoisotopic (exact) mass is 269 g/mol. The van der Waals surface area contributed by atoms with Crippen molar-refractivity contribution >= 4 is 11.6 Å². The maximum atomic E-state index is 9.36. The largest absolute Gasteiger partial charge is 0.497 e. The summed E-state index contributed by atoms with van der Waals surface area (Å²) in [6.07, 6.45) is 0.705. The van der Waals surface area contributed by atoms with Crippen molar-refractivity contribution in [1.82, 2.24) is 0 Å². The van der Waals surface area contributed by atoms with Gasteiger partial charge in [0.2, 0.25) is 0 Å². The molecule has 1 unspecified atom stereocenters. The summed E-state index contributed by atoms with van der Waals surface area (Å²) in [5, 5.41) is 10.0. The molecule has 0 heterocycles. The Balaban J connectivity index is 2.23. The maximum Gasteiger partial charge on any atom is 0.119 e. The normalized spacial score (nSPS) is 16.2. The second kappa shape index (κ2) is 4.60. The van der Waals surface area contributed by atoms with Crippen LogP contribution in [-0.4, -0.2) is 7.11 Å². The van der Waals surface area contributed by atoms with E-state index in [1.165, 1.54) is 5.56 Å². The molecular formula is C16H12ClNO. The maximum absolute atomic E-state index is 9.36. The first-order chi connectivity index (χ1) is 9.22. The highest BCUT2D eigenvalue weighted by molar-refractivity contribution is 6.30. The van der Waals surface area contributed by atoms with Crippen molar-refractivity contribution in [3.8, 4) is 22.9 Å². The standard InChI is InChI=1S/C16H12ClNO/c1-19-13-3-5-14-10(7-13)6-11(9-18)16-8-12(17)2-4-15(14)16/h2-5,7-8,11H,6H2,1H3. The van der Waals surface area contributed by atoms with Crippen molar-refractivity contribution in [2.75, 3.05) is 7.11 Å². The Hall–Kier alpha value is -1.98. The average Bonchev–Trinajstić information content (AvgIpc) is 2.45. The van der Waals surface area contributed by atoms with Crippen LogP contribution in [0.5, 0.6) is 5.75 Å². The highest BCUT2D eigenvalue weighted by Gasteiger charge is 2.25. The van der Waals surface area contributed by atoms with Crippen molar-refractivity contribution in [3.63, 3.8) is 0 Å². The second-order valence-electron chi connectivity index (χ2n) is 4.64. The predicted molar refractivity (Wildman–Crippen MR) is 75.5 cm³/mol. The van der Waals surface area contributed by atoms with E-state index in [1.54, 1.807) is 7.11 Å². The second-order valence-corrected chi connectivity index (χ2v) is 5.08. The van der Waals surface area contributed by atoms with Gasteiger partial charge in [0, 0.05) is 5.02 Å². The van der Waals surface area contributed by atoms with Gasteiger partial charge >= 0.3 is 0 Å². The first-order valence-electron chi connectivity index (χ1n) is 6.09. The molecule has 0 spiro atoms. The van der Waals surface area contributed by atoms with Gasteiger partial charge in [-0.2, -0.15) is 5.26 Å². The Morgan fingerprint density at radius 2 is 2.00 bits per heavy atom. The highest BCUT2D eigenvalue weighted by Crippen LogP contribution is 2.41. The van der Waals surface area contributed by atoms with Crippen LogP contribution in [0.15, 0.2) is 36.4 Å². The molecule has 2 aromatic carbocycles. The predicted octanol–water partition coefficient (Wildman–Crippen LogP) is 4.18. The first kappa shape index (κ1) is 12.1. The van der Waals surface area contributed by atoms with Gasteiger partial charge in [0.1, 0.15) is 5.75 Å². The minimum Gasteiger partial charge on any atom is -0.497 e. The van der Waals surface area contributed by atoms with Gasteiger partial charge in [0.05, 0.1) is 19.1 Å². The van der Waals surface area contributed by atoms with E-state index in [4.69, 9.17) is 16.3 Å². The molecular weight excluding hydrogens is 258 g/mol. The Morgan fingerprint density at radius 1 is 1.21 bits per heavy atom. The fraction of sp³-hybridized carbons (Fsp3) is 0.188. The van der Waals surface area contributed by atoms with Gasteiger partial charge in [-0.25, -0.2) is 0 Å². The van der Waals surface area contributed by atoms with Crippen LogP contribution in [0.2, 0.25) is 5.02 Å². The molecule has 3 heteroatoms. The molecule has 0 radical (unpaired) electrons. The molecule has 94 valence electrons. The number of ether oxygens (including phenoxy) is 1. The van der Waals surface area contributed by atoms with Crippen molar-refractivity contribution in [2.24, 2.45) is 0 Å². The zero-order valence-corrected chi connectivity index (χ0v) is 11.2. The zero-order valence-electron chi connectivity index (χ0n) is 10.5. The van der Waals surface area contributed by atoms with Gasteiger partial charge in [0.25, 0.3) is 0 Å². The number of benzene rings is 2. The van der Waals surface area contributed by atoms with Gasteiger partial charge < -0.3 is 4.74 Å². The summed E-state index contributed by atoms with van der Waals surface area (Å²) in [7, 11) is 1.65. The Kier molecular flexibility index (Phi) is 2.93. The number of hydrogen-bond acceptors (Lipinski definition) is 2. The summed E-state index contributed by atoms with van der Waals surface area (Å²) >= 11 is 6.04. The topological polar surface area (TPSA) is 33.0 Å². The summed E-state index contributed by atoms with van der Waals surface area (Å²) in [5.74, 6) is 0.682. The van der Waals surface area contributed by atoms with Crippen LogP contribution < -0.4 is 4.74 Å². The van der Waals surface area contributed by atoms with E-state index in [-0.39, 0.29) is 5.92 Å². The summed E-state index contributed by atoms with van der Waals surface area (Å²) in [6, 6.07) is 14.1. The van der Waals surface area contributed by atoms with Gasteiger partial charge in [-0.1, -0.05) is 23.7 Å². The molecule has 0 saturated carbocycles. The summed E-state index contributed by atoms with van der Waals surface area (Å²) in [4.78, 5) is 0. The molecule has 0 aliphatic heterocycles. The van der Waals surface area contributed by atoms with Crippen molar-refractivity contribution in [1.29, 1.82) is 5.26 Å². The molecule has 2 nitrogen and oxygen atoms in total. The molecule has 1 aliphatic carbocycles. The molecule has 0 fully saturated rings. The van der Waals surface area contributed by atoms with Crippen LogP contribution in [0.1, 0.15) is 17.0 Å². The highest BCUT2D eigenvalue weighted by atomic mass is 35.5. The van der Waals surface area contributed by atoms with E-state index in [0.717, 1.165) is 22.4 Å². The number of hydrogen-bond donors (Lipinski definition) is 0. The zero-order chi connectivity index (χ0) is 13.4. The van der Waals surface area contributed by atoms with Crippen LogP contribution in [0.25, 0.3) is 11.1 Å². The number of fused-ring (bicyclic) bond motifs is 3. The number of methoxy groups -OCH3 is 1. The molecule has 0 bridgehead atoms. The fourth-order valence-electron chi connectivity index (χ4n) is 2.64. The van der Waals surface area contributed by atoms with E-state index < -0.39 is 0 Å². The lowest BCUT2D eigenvalue weighted by molar-refractivity contribution is 0.414. The van der Waals surface area contributed by atoms with Crippen LogP contribution in [0.4, 0.5) is 0 Å². The third kappa shape index (κ3) is 1.97. The molecule has 0 amide bonds. The molecule has 3 rings (SSSR count). The van der Waals surface area contributed by atoms with Crippen LogP contribution in [0, 0.1) is 11.3 Å². The van der Waals surface area contributed by atoms with Crippen LogP contribution in [-0.2, 0) is 6.42 Å². The SMILES string of the molecule is COc1ccc2c(c1)CC(C#N)c1cc(Cl)ccc1-2. The van der Waals surface area contributed by atoms with Gasteiger partial charge in [-0.05, 0) is 52.9 Å².